The largest absolute Gasteiger partial charge is 0.494 e. The maximum absolute atomic E-state index is 6.01. The molecule has 1 unspecified atom stereocenters. The van der Waals surface area contributed by atoms with E-state index >= 15 is 0 Å². The molecule has 5 heteroatoms. The van der Waals surface area contributed by atoms with E-state index in [0.29, 0.717) is 12.4 Å². The molecule has 0 aliphatic heterocycles. The first-order chi connectivity index (χ1) is 9.69. The van der Waals surface area contributed by atoms with Crippen LogP contribution < -0.4 is 21.7 Å². The number of ether oxygens (including phenoxy) is 1. The number of benzene rings is 1. The van der Waals surface area contributed by atoms with Crippen LogP contribution in [0.4, 0.5) is 5.82 Å². The third-order valence-electron chi connectivity index (χ3n) is 3.22. The lowest BCUT2D eigenvalue weighted by Gasteiger charge is -2.22. The summed E-state index contributed by atoms with van der Waals surface area (Å²) in [5, 5.41) is 0. The fourth-order valence-electron chi connectivity index (χ4n) is 2.30. The number of anilines is 1. The molecule has 1 atom stereocenters. The van der Waals surface area contributed by atoms with Gasteiger partial charge in [0.25, 0.3) is 0 Å². The Bertz CT molecular complexity index is 566. The summed E-state index contributed by atoms with van der Waals surface area (Å²) < 4.78 is 5.66. The van der Waals surface area contributed by atoms with Crippen molar-refractivity contribution in [1.82, 2.24) is 10.4 Å². The molecule has 0 aliphatic carbocycles. The van der Waals surface area contributed by atoms with Gasteiger partial charge in [0.1, 0.15) is 11.6 Å². The quantitative estimate of drug-likeness (QED) is 0.572. The second kappa shape index (κ2) is 6.36. The van der Waals surface area contributed by atoms with Gasteiger partial charge in [0.2, 0.25) is 0 Å². The average molecular weight is 272 g/mol. The highest BCUT2D eigenvalue weighted by Crippen LogP contribution is 2.33. The van der Waals surface area contributed by atoms with Crippen LogP contribution in [0.5, 0.6) is 5.75 Å². The van der Waals surface area contributed by atoms with E-state index in [0.717, 1.165) is 22.4 Å². The van der Waals surface area contributed by atoms with Gasteiger partial charge in [-0.15, -0.1) is 0 Å². The number of hydrogen-bond donors (Lipinski definition) is 3. The lowest BCUT2D eigenvalue weighted by atomic mass is 9.95. The second-order valence-electron chi connectivity index (χ2n) is 4.50. The Morgan fingerprint density at radius 3 is 2.70 bits per heavy atom. The van der Waals surface area contributed by atoms with Gasteiger partial charge in [-0.25, -0.2) is 10.4 Å². The summed E-state index contributed by atoms with van der Waals surface area (Å²) in [6.45, 7) is 4.53. The molecule has 5 nitrogen and oxygen atoms in total. The van der Waals surface area contributed by atoms with Gasteiger partial charge in [-0.3, -0.25) is 5.84 Å². The Morgan fingerprint density at radius 1 is 1.30 bits per heavy atom. The van der Waals surface area contributed by atoms with Crippen molar-refractivity contribution in [3.63, 3.8) is 0 Å². The lowest BCUT2D eigenvalue weighted by molar-refractivity contribution is 0.333. The van der Waals surface area contributed by atoms with Crippen molar-refractivity contribution in [3.8, 4) is 5.75 Å². The molecular formula is C15H20N4O. The molecule has 0 aliphatic rings. The van der Waals surface area contributed by atoms with Crippen molar-refractivity contribution in [2.75, 3.05) is 12.3 Å². The first kappa shape index (κ1) is 14.3. The van der Waals surface area contributed by atoms with Gasteiger partial charge in [-0.2, -0.15) is 0 Å². The second-order valence-corrected chi connectivity index (χ2v) is 4.50. The van der Waals surface area contributed by atoms with Crippen molar-refractivity contribution >= 4 is 5.82 Å². The van der Waals surface area contributed by atoms with E-state index in [4.69, 9.17) is 16.3 Å². The normalized spacial score (nSPS) is 12.2. The highest BCUT2D eigenvalue weighted by atomic mass is 16.5. The average Bonchev–Trinajstić information content (AvgIpc) is 2.44. The predicted octanol–water partition coefficient (Wildman–Crippen LogP) is 1.92. The minimum Gasteiger partial charge on any atom is -0.494 e. The van der Waals surface area contributed by atoms with Gasteiger partial charge in [0, 0.05) is 17.3 Å². The van der Waals surface area contributed by atoms with Crippen molar-refractivity contribution in [2.45, 2.75) is 19.9 Å². The Morgan fingerprint density at radius 2 is 2.05 bits per heavy atom. The molecular weight excluding hydrogens is 252 g/mol. The van der Waals surface area contributed by atoms with E-state index in [-0.39, 0.29) is 6.04 Å². The van der Waals surface area contributed by atoms with Crippen LogP contribution in [-0.4, -0.2) is 11.6 Å². The summed E-state index contributed by atoms with van der Waals surface area (Å²) in [6, 6.07) is 9.43. The molecule has 1 aromatic heterocycles. The molecule has 20 heavy (non-hydrogen) atoms. The number of nitrogens with one attached hydrogen (secondary N) is 1. The molecule has 0 amide bonds. The Hall–Kier alpha value is -2.11. The summed E-state index contributed by atoms with van der Waals surface area (Å²) in [5.41, 5.74) is 11.7. The molecule has 2 rings (SSSR count). The Labute approximate surface area is 118 Å². The van der Waals surface area contributed by atoms with Crippen LogP contribution in [0.2, 0.25) is 0 Å². The van der Waals surface area contributed by atoms with Gasteiger partial charge in [-0.1, -0.05) is 18.2 Å². The number of nitrogens with zero attached hydrogens (tertiary/aromatic N) is 1. The van der Waals surface area contributed by atoms with Gasteiger partial charge in [0.05, 0.1) is 12.6 Å². The van der Waals surface area contributed by atoms with E-state index in [1.165, 1.54) is 0 Å². The van der Waals surface area contributed by atoms with E-state index < -0.39 is 0 Å². The first-order valence-electron chi connectivity index (χ1n) is 6.57. The smallest absolute Gasteiger partial charge is 0.128 e. The predicted molar refractivity (Wildman–Crippen MR) is 80.2 cm³/mol. The summed E-state index contributed by atoms with van der Waals surface area (Å²) in [6.07, 6.45) is 1.69. The molecule has 0 saturated carbocycles. The number of aryl methyl sites for hydroxylation is 1. The van der Waals surface area contributed by atoms with Crippen LogP contribution in [0, 0.1) is 6.92 Å². The van der Waals surface area contributed by atoms with E-state index in [1.807, 2.05) is 44.2 Å². The standard InChI is InChI=1S/C15H20N4O/c1-3-20-12-7-5-4-6-11(12)14(19-17)13-10(2)8-9-18-15(13)16/h4-9,14,19H,3,17H2,1-2H3,(H2,16,18). The number of nitrogen functional groups attached to an aromatic ring is 1. The van der Waals surface area contributed by atoms with Gasteiger partial charge in [0.15, 0.2) is 0 Å². The van der Waals surface area contributed by atoms with Crippen LogP contribution in [0.15, 0.2) is 36.5 Å². The fraction of sp³-hybridized carbons (Fsp3) is 0.267. The number of hydrogen-bond acceptors (Lipinski definition) is 5. The molecule has 0 radical (unpaired) electrons. The van der Waals surface area contributed by atoms with Crippen molar-refractivity contribution in [3.05, 3.63) is 53.2 Å². The molecule has 5 N–H and O–H groups in total. The molecule has 2 aromatic rings. The van der Waals surface area contributed by atoms with Crippen LogP contribution in [0.25, 0.3) is 0 Å². The molecule has 0 bridgehead atoms. The highest BCUT2D eigenvalue weighted by Gasteiger charge is 2.21. The van der Waals surface area contributed by atoms with E-state index in [1.54, 1.807) is 6.20 Å². The topological polar surface area (TPSA) is 86.2 Å². The van der Waals surface area contributed by atoms with Gasteiger partial charge in [-0.05, 0) is 31.5 Å². The van der Waals surface area contributed by atoms with Gasteiger partial charge < -0.3 is 10.5 Å². The Kier molecular flexibility index (Phi) is 4.55. The minimum absolute atomic E-state index is 0.258. The summed E-state index contributed by atoms with van der Waals surface area (Å²) in [5.74, 6) is 7.01. The van der Waals surface area contributed by atoms with Crippen LogP contribution in [0.1, 0.15) is 29.7 Å². The van der Waals surface area contributed by atoms with Crippen molar-refractivity contribution in [1.29, 1.82) is 0 Å². The zero-order valence-corrected chi connectivity index (χ0v) is 11.8. The molecule has 1 heterocycles. The van der Waals surface area contributed by atoms with Crippen molar-refractivity contribution < 1.29 is 4.74 Å². The molecule has 0 fully saturated rings. The third-order valence-corrected chi connectivity index (χ3v) is 3.22. The maximum Gasteiger partial charge on any atom is 0.128 e. The van der Waals surface area contributed by atoms with Gasteiger partial charge >= 0.3 is 0 Å². The van der Waals surface area contributed by atoms with Crippen LogP contribution in [-0.2, 0) is 0 Å². The molecule has 0 saturated heterocycles. The van der Waals surface area contributed by atoms with E-state index in [9.17, 15) is 0 Å². The van der Waals surface area contributed by atoms with Crippen molar-refractivity contribution in [2.24, 2.45) is 5.84 Å². The highest BCUT2D eigenvalue weighted by molar-refractivity contribution is 5.52. The van der Waals surface area contributed by atoms with Crippen LogP contribution in [0.3, 0.4) is 0 Å². The zero-order chi connectivity index (χ0) is 14.5. The molecule has 106 valence electrons. The fourth-order valence-corrected chi connectivity index (χ4v) is 2.30. The minimum atomic E-state index is -0.258. The third kappa shape index (κ3) is 2.74. The number of aromatic nitrogens is 1. The number of nitrogens with two attached hydrogens (primary N) is 2. The Balaban J connectivity index is 2.53. The summed E-state index contributed by atoms with van der Waals surface area (Å²) >= 11 is 0. The first-order valence-corrected chi connectivity index (χ1v) is 6.57. The van der Waals surface area contributed by atoms with Crippen LogP contribution >= 0.6 is 0 Å². The zero-order valence-electron chi connectivity index (χ0n) is 11.8. The van der Waals surface area contributed by atoms with E-state index in [2.05, 4.69) is 10.4 Å². The maximum atomic E-state index is 6.01. The monoisotopic (exact) mass is 272 g/mol. The summed E-state index contributed by atoms with van der Waals surface area (Å²) in [7, 11) is 0. The molecule has 1 aromatic carbocycles. The molecule has 0 spiro atoms. The lowest BCUT2D eigenvalue weighted by Crippen LogP contribution is -2.30. The SMILES string of the molecule is CCOc1ccccc1C(NN)c1c(C)ccnc1N. The number of pyridine rings is 1. The number of para-hydroxylation sites is 1. The number of hydrazine groups is 1. The number of rotatable bonds is 5. The summed E-state index contributed by atoms with van der Waals surface area (Å²) in [4.78, 5) is 4.15.